The molecule has 5 saturated heterocycles. The summed E-state index contributed by atoms with van der Waals surface area (Å²) >= 11 is 0. The largest absolute Gasteiger partial charge is 0.388 e. The molecule has 0 aromatic heterocycles. The zero-order valence-electron chi connectivity index (χ0n) is 25.7. The molecule has 5 heterocycles. The molecule has 6 bridgehead atoms. The molecule has 1 aromatic rings. The lowest BCUT2D eigenvalue weighted by atomic mass is 10.0. The maximum Gasteiger partial charge on any atom is 0.243 e. The second-order valence-corrected chi connectivity index (χ2v) is 14.8. The number of aliphatic hydroxyl groups excluding tert-OH is 2. The quantitative estimate of drug-likeness (QED) is 0.345. The Kier molecular flexibility index (Phi) is 9.67. The van der Waals surface area contributed by atoms with Crippen molar-refractivity contribution in [1.82, 2.24) is 24.3 Å². The van der Waals surface area contributed by atoms with E-state index in [1.165, 1.54) is 19.1 Å². The number of fused-ring (bicyclic) bond motifs is 6. The monoisotopic (exact) mass is 667 g/mol. The van der Waals surface area contributed by atoms with Crippen LogP contribution in [0.3, 0.4) is 0 Å². The molecule has 0 aliphatic carbocycles. The molecular weight excluding hydrogens is 625 g/mol. The van der Waals surface area contributed by atoms with Crippen LogP contribution in [0.25, 0.3) is 0 Å². The number of nitrogens with zero attached hydrogens (tertiary/aromatic N) is 4. The van der Waals surface area contributed by atoms with E-state index < -0.39 is 64.9 Å². The summed E-state index contributed by atoms with van der Waals surface area (Å²) in [5.74, 6) is -1.30. The van der Waals surface area contributed by atoms with Gasteiger partial charge >= 0.3 is 0 Å². The highest BCUT2D eigenvalue weighted by atomic mass is 32.2. The highest BCUT2D eigenvalue weighted by Gasteiger charge is 2.48. The van der Waals surface area contributed by atoms with Crippen molar-refractivity contribution in [3.8, 4) is 0 Å². The molecule has 5 aliphatic rings. The molecule has 5 fully saturated rings. The van der Waals surface area contributed by atoms with Crippen molar-refractivity contribution in [2.24, 2.45) is 0 Å². The van der Waals surface area contributed by atoms with E-state index in [1.54, 1.807) is 9.80 Å². The number of halogens is 1. The van der Waals surface area contributed by atoms with Crippen molar-refractivity contribution in [2.75, 3.05) is 52.4 Å². The van der Waals surface area contributed by atoms with Crippen molar-refractivity contribution >= 4 is 27.7 Å². The van der Waals surface area contributed by atoms with E-state index in [9.17, 15) is 37.4 Å². The molecule has 5 aliphatic heterocycles. The average molecular weight is 668 g/mol. The van der Waals surface area contributed by atoms with Crippen LogP contribution >= 0.6 is 0 Å². The Balaban J connectivity index is 1.29. The summed E-state index contributed by atoms with van der Waals surface area (Å²) in [5, 5.41) is 24.7. The van der Waals surface area contributed by atoms with Gasteiger partial charge in [0.15, 0.2) is 0 Å². The van der Waals surface area contributed by atoms with E-state index >= 15 is 0 Å². The fraction of sp³-hybridized carbons (Fsp3) is 0.700. The standard InChI is InChI=1S/C30H42FN5O9S/c1-18(37)33-7-5-21(6-8-33)36-14-20-12-24(36)30(41)34-9-10-44-22(15-34)16-35(46(42,43)23-4-2-3-19(31)11-23)17-26-29(40)28(39)25(45-26)13-27(38)32-20/h2-4,11,20-22,24-26,28-29,39-40H,5-10,12-17H2,1H3,(H,32,38)/t20-,22-,24-,25-,26+,28-,29+/m0/s1. The minimum absolute atomic E-state index is 0.00601. The van der Waals surface area contributed by atoms with Crippen LogP contribution in [0.2, 0.25) is 0 Å². The summed E-state index contributed by atoms with van der Waals surface area (Å²) in [6.45, 7) is 3.05. The zero-order valence-corrected chi connectivity index (χ0v) is 26.6. The summed E-state index contributed by atoms with van der Waals surface area (Å²) in [6, 6.07) is 3.69. The van der Waals surface area contributed by atoms with Gasteiger partial charge in [0.2, 0.25) is 27.7 Å². The first kappa shape index (κ1) is 33.2. The van der Waals surface area contributed by atoms with Crippen molar-refractivity contribution in [3.63, 3.8) is 0 Å². The van der Waals surface area contributed by atoms with Crippen LogP contribution in [0.15, 0.2) is 29.2 Å². The number of nitrogens with one attached hydrogen (secondary N) is 1. The number of piperidine rings is 1. The predicted octanol–water partition coefficient (Wildman–Crippen LogP) is -1.49. The average Bonchev–Trinajstić information content (AvgIpc) is 3.56. The number of aliphatic hydroxyl groups is 2. The maximum absolute atomic E-state index is 14.1. The van der Waals surface area contributed by atoms with E-state index in [-0.39, 0.29) is 54.9 Å². The lowest BCUT2D eigenvalue weighted by Gasteiger charge is -2.41. The number of rotatable bonds is 3. The highest BCUT2D eigenvalue weighted by molar-refractivity contribution is 7.89. The maximum atomic E-state index is 14.1. The fourth-order valence-electron chi connectivity index (χ4n) is 7.45. The smallest absolute Gasteiger partial charge is 0.243 e. The number of hydrogen-bond acceptors (Lipinski definition) is 10. The first-order valence-electron chi connectivity index (χ1n) is 15.9. The minimum atomic E-state index is -4.35. The Hall–Kier alpha value is -2.73. The lowest BCUT2D eigenvalue weighted by molar-refractivity contribution is -0.145. The normalized spacial score (nSPS) is 34.1. The molecule has 3 amide bonds. The summed E-state index contributed by atoms with van der Waals surface area (Å²) in [6.07, 6.45) is -4.51. The van der Waals surface area contributed by atoms with Crippen molar-refractivity contribution in [3.05, 3.63) is 30.1 Å². The van der Waals surface area contributed by atoms with E-state index in [4.69, 9.17) is 9.47 Å². The summed E-state index contributed by atoms with van der Waals surface area (Å²) in [4.78, 5) is 44.5. The van der Waals surface area contributed by atoms with Gasteiger partial charge in [-0.25, -0.2) is 12.8 Å². The van der Waals surface area contributed by atoms with Gasteiger partial charge < -0.3 is 34.8 Å². The number of carbonyl (C=O) groups excluding carboxylic acids is 3. The topological polar surface area (TPSA) is 169 Å². The molecule has 0 unspecified atom stereocenters. The molecule has 1 aromatic carbocycles. The molecule has 7 atom stereocenters. The van der Waals surface area contributed by atoms with Crippen LogP contribution < -0.4 is 5.32 Å². The first-order valence-corrected chi connectivity index (χ1v) is 17.3. The Labute approximate surface area is 267 Å². The van der Waals surface area contributed by atoms with E-state index in [2.05, 4.69) is 10.2 Å². The van der Waals surface area contributed by atoms with Gasteiger partial charge in [0.25, 0.3) is 0 Å². The van der Waals surface area contributed by atoms with Gasteiger partial charge in [0, 0.05) is 64.8 Å². The molecule has 16 heteroatoms. The first-order chi connectivity index (χ1) is 21.9. The van der Waals surface area contributed by atoms with Crippen molar-refractivity contribution < 1.29 is 46.9 Å². The van der Waals surface area contributed by atoms with Gasteiger partial charge in [-0.3, -0.25) is 19.3 Å². The second-order valence-electron chi connectivity index (χ2n) is 12.9. The van der Waals surface area contributed by atoms with Gasteiger partial charge in [-0.05, 0) is 37.5 Å². The summed E-state index contributed by atoms with van der Waals surface area (Å²) < 4.78 is 54.7. The van der Waals surface area contributed by atoms with Crippen LogP contribution in [0, 0.1) is 5.82 Å². The third kappa shape index (κ3) is 6.79. The number of ether oxygens (including phenoxy) is 2. The molecule has 0 spiro atoms. The number of sulfonamides is 1. The fourth-order valence-corrected chi connectivity index (χ4v) is 8.97. The second kappa shape index (κ2) is 13.4. The van der Waals surface area contributed by atoms with Crippen LogP contribution in [-0.4, -0.2) is 156 Å². The van der Waals surface area contributed by atoms with E-state index in [0.717, 1.165) is 16.4 Å². The molecule has 254 valence electrons. The molecule has 46 heavy (non-hydrogen) atoms. The molecule has 14 nitrogen and oxygen atoms in total. The molecule has 0 radical (unpaired) electrons. The highest BCUT2D eigenvalue weighted by Crippen LogP contribution is 2.31. The van der Waals surface area contributed by atoms with Crippen LogP contribution in [0.5, 0.6) is 0 Å². The number of morpholine rings is 1. The SMILES string of the molecule is CC(=O)N1CCC(N2C[C@@H]3C[C@H]2C(=O)N2CCO[C@@H](C2)CN(S(=O)(=O)c2cccc(F)c2)C[C@H]2O[C@@H](CC(=O)N3)[C@H](O)[C@@H]2O)CC1. The van der Waals surface area contributed by atoms with E-state index in [0.29, 0.717) is 45.4 Å². The van der Waals surface area contributed by atoms with Gasteiger partial charge in [-0.2, -0.15) is 4.31 Å². The summed E-state index contributed by atoms with van der Waals surface area (Å²) in [7, 11) is -4.35. The minimum Gasteiger partial charge on any atom is -0.388 e. The number of carbonyl (C=O) groups is 3. The number of amides is 3. The van der Waals surface area contributed by atoms with Crippen LogP contribution in [0.1, 0.15) is 32.6 Å². The predicted molar refractivity (Wildman–Crippen MR) is 159 cm³/mol. The third-order valence-corrected chi connectivity index (χ3v) is 11.7. The van der Waals surface area contributed by atoms with E-state index in [1.807, 2.05) is 0 Å². The molecule has 3 N–H and O–H groups in total. The van der Waals surface area contributed by atoms with Gasteiger partial charge in [0.1, 0.15) is 24.1 Å². The van der Waals surface area contributed by atoms with Gasteiger partial charge in [0.05, 0.1) is 36.2 Å². The van der Waals surface area contributed by atoms with Crippen LogP contribution in [-0.2, 0) is 33.9 Å². The number of benzene rings is 1. The Morgan fingerprint density at radius 3 is 2.48 bits per heavy atom. The Morgan fingerprint density at radius 1 is 1.02 bits per heavy atom. The van der Waals surface area contributed by atoms with Crippen LogP contribution in [0.4, 0.5) is 4.39 Å². The molecular formula is C30H42FN5O9S. The van der Waals surface area contributed by atoms with Gasteiger partial charge in [-0.1, -0.05) is 6.07 Å². The zero-order chi connectivity index (χ0) is 32.7. The molecule has 0 saturated carbocycles. The summed E-state index contributed by atoms with van der Waals surface area (Å²) in [5.41, 5.74) is 0. The number of hydrogen-bond donors (Lipinski definition) is 3. The van der Waals surface area contributed by atoms with Gasteiger partial charge in [-0.15, -0.1) is 0 Å². The van der Waals surface area contributed by atoms with Crippen molar-refractivity contribution in [1.29, 1.82) is 0 Å². The third-order valence-electron chi connectivity index (χ3n) is 9.89. The Bertz CT molecular complexity index is 1430. The number of likely N-dealkylation sites (tertiary alicyclic amines) is 2. The lowest BCUT2D eigenvalue weighted by Crippen LogP contribution is -2.57. The Morgan fingerprint density at radius 2 is 1.76 bits per heavy atom. The van der Waals surface area contributed by atoms with Crippen molar-refractivity contribution in [2.45, 2.75) is 86.1 Å². The molecule has 6 rings (SSSR count).